The fraction of sp³-hybridized carbons (Fsp3) is 0.0968. The summed E-state index contributed by atoms with van der Waals surface area (Å²) in [6, 6.07) is 24.3. The lowest BCUT2D eigenvalue weighted by atomic mass is 10.0. The van der Waals surface area contributed by atoms with Crippen LogP contribution in [0.25, 0.3) is 12.2 Å². The number of phenolic OH excluding ortho intramolecular Hbond substituents is 2. The molecule has 7 heteroatoms. The molecule has 0 bridgehead atoms. The fourth-order valence-electron chi connectivity index (χ4n) is 3.56. The van der Waals surface area contributed by atoms with Crippen molar-refractivity contribution in [2.75, 3.05) is 0 Å². The molecule has 0 saturated carbocycles. The molecule has 2 N–H and O–H groups in total. The van der Waals surface area contributed by atoms with Crippen molar-refractivity contribution >= 4 is 35.5 Å². The second-order valence-corrected chi connectivity index (χ2v) is 9.48. The van der Waals surface area contributed by atoms with Crippen LogP contribution in [0.4, 0.5) is 0 Å². The Bertz CT molecular complexity index is 1450. The molecule has 0 amide bonds. The van der Waals surface area contributed by atoms with Gasteiger partial charge in [0.1, 0.15) is 23.0 Å². The fourth-order valence-corrected chi connectivity index (χ4v) is 3.69. The van der Waals surface area contributed by atoms with Crippen LogP contribution in [-0.2, 0) is 4.79 Å². The van der Waals surface area contributed by atoms with E-state index in [1.54, 1.807) is 98.8 Å². The van der Waals surface area contributed by atoms with E-state index in [1.165, 1.54) is 18.2 Å². The average Bonchev–Trinajstić information content (AvgIpc) is 2.88. The molecular weight excluding hydrogens is 504 g/mol. The molecule has 0 fully saturated rings. The van der Waals surface area contributed by atoms with Gasteiger partial charge in [-0.05, 0) is 97.8 Å². The van der Waals surface area contributed by atoms with E-state index >= 15 is 0 Å². The molecule has 0 atom stereocenters. The van der Waals surface area contributed by atoms with E-state index in [9.17, 15) is 19.8 Å². The monoisotopic (exact) mass is 528 g/mol. The number of phenols is 2. The van der Waals surface area contributed by atoms with Gasteiger partial charge >= 0.3 is 5.97 Å². The summed E-state index contributed by atoms with van der Waals surface area (Å²) in [5, 5.41) is 19.7. The van der Waals surface area contributed by atoms with Crippen molar-refractivity contribution in [3.8, 4) is 23.0 Å². The number of carbonyl (C=O) groups excluding carboxylic acids is 2. The van der Waals surface area contributed by atoms with E-state index < -0.39 is 11.6 Å². The number of aromatic hydroxyl groups is 2. The maximum atomic E-state index is 12.8. The summed E-state index contributed by atoms with van der Waals surface area (Å²) in [4.78, 5) is 25.5. The number of hydrogen-bond donors (Lipinski definition) is 2. The predicted octanol–water partition coefficient (Wildman–Crippen LogP) is 6.92. The highest BCUT2D eigenvalue weighted by Crippen LogP contribution is 2.25. The first-order chi connectivity index (χ1) is 18.1. The Hall–Kier alpha value is -4.55. The summed E-state index contributed by atoms with van der Waals surface area (Å²) < 4.78 is 11.4. The van der Waals surface area contributed by atoms with Crippen molar-refractivity contribution in [2.24, 2.45) is 0 Å². The van der Waals surface area contributed by atoms with Crippen molar-refractivity contribution in [2.45, 2.75) is 19.4 Å². The number of ether oxygens (including phenoxy) is 2. The lowest BCUT2D eigenvalue weighted by Crippen LogP contribution is -2.41. The van der Waals surface area contributed by atoms with Gasteiger partial charge in [0, 0.05) is 22.2 Å². The highest BCUT2D eigenvalue weighted by molar-refractivity contribution is 6.30. The standard InChI is InChI=1S/C31H25ClO6/c1-31(2,38-28-15-9-23(10-16-28)29(35)22-7-11-24(32)12-8-22)30(36)37-27-13-5-20(6-14-27)3-4-21-17-25(33)19-26(34)18-21/h3-19,33-34H,1-2H3/b4-3+. The van der Waals surface area contributed by atoms with Crippen molar-refractivity contribution in [1.82, 2.24) is 0 Å². The SMILES string of the molecule is CC(C)(Oc1ccc(C(=O)c2ccc(Cl)cc2)cc1)C(=O)Oc1ccc(/C=C/c2cc(O)cc(O)c2)cc1. The van der Waals surface area contributed by atoms with Crippen molar-refractivity contribution in [1.29, 1.82) is 0 Å². The van der Waals surface area contributed by atoms with Gasteiger partial charge in [-0.1, -0.05) is 35.9 Å². The summed E-state index contributed by atoms with van der Waals surface area (Å²) in [6.45, 7) is 3.20. The third kappa shape index (κ3) is 6.81. The third-order valence-electron chi connectivity index (χ3n) is 5.57. The summed E-state index contributed by atoms with van der Waals surface area (Å²) in [7, 11) is 0. The van der Waals surface area contributed by atoms with Gasteiger partial charge < -0.3 is 19.7 Å². The number of esters is 1. The molecule has 0 unspecified atom stereocenters. The Morgan fingerprint density at radius 3 is 1.79 bits per heavy atom. The van der Waals surface area contributed by atoms with E-state index in [1.807, 2.05) is 0 Å². The van der Waals surface area contributed by atoms with Crippen LogP contribution < -0.4 is 9.47 Å². The molecule has 0 aliphatic heterocycles. The molecule has 192 valence electrons. The first kappa shape index (κ1) is 26.5. The molecule has 0 aliphatic carbocycles. The Balaban J connectivity index is 1.36. The van der Waals surface area contributed by atoms with Crippen LogP contribution in [0.15, 0.2) is 91.0 Å². The molecule has 0 spiro atoms. The molecule has 0 heterocycles. The zero-order valence-corrected chi connectivity index (χ0v) is 21.5. The van der Waals surface area contributed by atoms with Crippen LogP contribution in [0.1, 0.15) is 40.9 Å². The molecule has 0 radical (unpaired) electrons. The van der Waals surface area contributed by atoms with Crippen LogP contribution in [0.2, 0.25) is 5.02 Å². The van der Waals surface area contributed by atoms with Gasteiger partial charge in [-0.3, -0.25) is 4.79 Å². The second kappa shape index (κ2) is 11.2. The van der Waals surface area contributed by atoms with Gasteiger partial charge in [0.15, 0.2) is 5.78 Å². The summed E-state index contributed by atoms with van der Waals surface area (Å²) in [5.74, 6) is -0.0263. The van der Waals surface area contributed by atoms with Crippen LogP contribution in [-0.4, -0.2) is 27.6 Å². The topological polar surface area (TPSA) is 93.1 Å². The first-order valence-electron chi connectivity index (χ1n) is 11.7. The Kier molecular flexibility index (Phi) is 7.84. The Labute approximate surface area is 225 Å². The number of rotatable bonds is 8. The summed E-state index contributed by atoms with van der Waals surface area (Å²) in [6.07, 6.45) is 3.54. The Morgan fingerprint density at radius 1 is 0.711 bits per heavy atom. The molecule has 0 aromatic heterocycles. The molecule has 4 rings (SSSR count). The maximum Gasteiger partial charge on any atom is 0.355 e. The highest BCUT2D eigenvalue weighted by atomic mass is 35.5. The van der Waals surface area contributed by atoms with Gasteiger partial charge in [-0.25, -0.2) is 4.79 Å². The van der Waals surface area contributed by atoms with Crippen LogP contribution in [0, 0.1) is 0 Å². The quantitative estimate of drug-likeness (QED) is 0.112. The predicted molar refractivity (Wildman–Crippen MR) is 147 cm³/mol. The summed E-state index contributed by atoms with van der Waals surface area (Å²) >= 11 is 5.89. The third-order valence-corrected chi connectivity index (χ3v) is 5.82. The van der Waals surface area contributed by atoms with E-state index in [0.29, 0.717) is 33.2 Å². The zero-order chi connectivity index (χ0) is 27.3. The maximum absolute atomic E-state index is 12.8. The number of halogens is 1. The van der Waals surface area contributed by atoms with Gasteiger partial charge in [-0.2, -0.15) is 0 Å². The van der Waals surface area contributed by atoms with Gasteiger partial charge in [0.2, 0.25) is 5.60 Å². The average molecular weight is 529 g/mol. The molecule has 38 heavy (non-hydrogen) atoms. The first-order valence-corrected chi connectivity index (χ1v) is 12.1. The van der Waals surface area contributed by atoms with Gasteiger partial charge in [0.25, 0.3) is 0 Å². The number of hydrogen-bond acceptors (Lipinski definition) is 6. The van der Waals surface area contributed by atoms with Crippen molar-refractivity contribution in [3.63, 3.8) is 0 Å². The van der Waals surface area contributed by atoms with Crippen molar-refractivity contribution in [3.05, 3.63) is 118 Å². The minimum absolute atomic E-state index is 0.0286. The Morgan fingerprint density at radius 2 is 1.21 bits per heavy atom. The highest BCUT2D eigenvalue weighted by Gasteiger charge is 2.32. The molecule has 0 saturated heterocycles. The molecule has 4 aromatic rings. The van der Waals surface area contributed by atoms with E-state index in [0.717, 1.165) is 5.56 Å². The lowest BCUT2D eigenvalue weighted by Gasteiger charge is -2.24. The number of benzene rings is 4. The van der Waals surface area contributed by atoms with Crippen LogP contribution in [0.5, 0.6) is 23.0 Å². The van der Waals surface area contributed by atoms with Crippen molar-refractivity contribution < 1.29 is 29.3 Å². The number of ketones is 1. The molecular formula is C31H25ClO6. The van der Waals surface area contributed by atoms with E-state index in [4.69, 9.17) is 21.1 Å². The minimum Gasteiger partial charge on any atom is -0.508 e. The molecule has 4 aromatic carbocycles. The minimum atomic E-state index is -1.29. The molecule has 6 nitrogen and oxygen atoms in total. The largest absolute Gasteiger partial charge is 0.508 e. The van der Waals surface area contributed by atoms with E-state index in [2.05, 4.69) is 0 Å². The lowest BCUT2D eigenvalue weighted by molar-refractivity contribution is -0.149. The summed E-state index contributed by atoms with van der Waals surface area (Å²) in [5.41, 5.74) is 1.18. The van der Waals surface area contributed by atoms with Crippen LogP contribution >= 0.6 is 11.6 Å². The smallest absolute Gasteiger partial charge is 0.355 e. The number of carbonyl (C=O) groups is 2. The normalized spacial score (nSPS) is 11.3. The van der Waals surface area contributed by atoms with E-state index in [-0.39, 0.29) is 17.3 Å². The second-order valence-electron chi connectivity index (χ2n) is 9.05. The zero-order valence-electron chi connectivity index (χ0n) is 20.7. The molecule has 0 aliphatic rings. The van der Waals surface area contributed by atoms with Gasteiger partial charge in [0.05, 0.1) is 0 Å². The van der Waals surface area contributed by atoms with Crippen LogP contribution in [0.3, 0.4) is 0 Å². The van der Waals surface area contributed by atoms with Gasteiger partial charge in [-0.15, -0.1) is 0 Å².